The van der Waals surface area contributed by atoms with Gasteiger partial charge in [-0.1, -0.05) is 0 Å². The number of hydrogen-bond acceptors (Lipinski definition) is 4. The van der Waals surface area contributed by atoms with E-state index in [1.54, 1.807) is 6.33 Å². The summed E-state index contributed by atoms with van der Waals surface area (Å²) in [5.74, 6) is 0.942. The van der Waals surface area contributed by atoms with Gasteiger partial charge in [-0.25, -0.2) is 9.97 Å². The minimum atomic E-state index is 0.811. The zero-order valence-electron chi connectivity index (χ0n) is 9.32. The lowest BCUT2D eigenvalue weighted by Crippen LogP contribution is -2.16. The van der Waals surface area contributed by atoms with Crippen LogP contribution >= 0.6 is 0 Å². The van der Waals surface area contributed by atoms with E-state index in [9.17, 15) is 0 Å². The molecule has 2 aromatic heterocycles. The van der Waals surface area contributed by atoms with Crippen LogP contribution in [0.3, 0.4) is 0 Å². The lowest BCUT2D eigenvalue weighted by Gasteiger charge is -2.02. The number of aryl methyl sites for hydroxylation is 2. The van der Waals surface area contributed by atoms with Gasteiger partial charge in [0.15, 0.2) is 0 Å². The SMILES string of the molecule is Cc1[nH]cnc1CNCCCc1ncn[nH]1. The molecule has 6 nitrogen and oxygen atoms in total. The first-order valence-electron chi connectivity index (χ1n) is 5.40. The highest BCUT2D eigenvalue weighted by molar-refractivity contribution is 5.07. The number of nitrogens with zero attached hydrogens (tertiary/aromatic N) is 3. The third-order valence-corrected chi connectivity index (χ3v) is 2.46. The Morgan fingerprint density at radius 1 is 1.38 bits per heavy atom. The van der Waals surface area contributed by atoms with Gasteiger partial charge in [0, 0.05) is 18.7 Å². The maximum Gasteiger partial charge on any atom is 0.137 e. The molecule has 16 heavy (non-hydrogen) atoms. The summed E-state index contributed by atoms with van der Waals surface area (Å²) in [6.45, 7) is 3.79. The fraction of sp³-hybridized carbons (Fsp3) is 0.500. The second-order valence-corrected chi connectivity index (χ2v) is 3.69. The van der Waals surface area contributed by atoms with E-state index >= 15 is 0 Å². The van der Waals surface area contributed by atoms with Crippen LogP contribution in [0.5, 0.6) is 0 Å². The van der Waals surface area contributed by atoms with Gasteiger partial charge in [0.1, 0.15) is 12.2 Å². The Hall–Kier alpha value is -1.69. The van der Waals surface area contributed by atoms with Gasteiger partial charge < -0.3 is 10.3 Å². The maximum absolute atomic E-state index is 4.22. The molecular formula is C10H16N6. The highest BCUT2D eigenvalue weighted by atomic mass is 15.2. The van der Waals surface area contributed by atoms with E-state index in [0.717, 1.165) is 43.1 Å². The van der Waals surface area contributed by atoms with Gasteiger partial charge in [-0.3, -0.25) is 5.10 Å². The Morgan fingerprint density at radius 2 is 2.31 bits per heavy atom. The minimum absolute atomic E-state index is 0.811. The second-order valence-electron chi connectivity index (χ2n) is 3.69. The van der Waals surface area contributed by atoms with Crippen molar-refractivity contribution in [3.05, 3.63) is 29.9 Å². The molecule has 2 aromatic rings. The molecule has 0 fully saturated rings. The fourth-order valence-electron chi connectivity index (χ4n) is 1.50. The van der Waals surface area contributed by atoms with E-state index in [2.05, 4.69) is 30.5 Å². The lowest BCUT2D eigenvalue weighted by atomic mass is 10.3. The Labute approximate surface area is 93.9 Å². The van der Waals surface area contributed by atoms with Crippen molar-refractivity contribution < 1.29 is 0 Å². The summed E-state index contributed by atoms with van der Waals surface area (Å²) in [6, 6.07) is 0. The molecule has 0 saturated carbocycles. The van der Waals surface area contributed by atoms with Crippen molar-refractivity contribution in [1.82, 2.24) is 30.5 Å². The largest absolute Gasteiger partial charge is 0.348 e. The molecule has 0 amide bonds. The quantitative estimate of drug-likeness (QED) is 0.621. The van der Waals surface area contributed by atoms with Gasteiger partial charge >= 0.3 is 0 Å². The summed E-state index contributed by atoms with van der Waals surface area (Å²) < 4.78 is 0. The van der Waals surface area contributed by atoms with Gasteiger partial charge in [0.05, 0.1) is 12.0 Å². The number of rotatable bonds is 6. The predicted molar refractivity (Wildman–Crippen MR) is 59.7 cm³/mol. The first-order valence-corrected chi connectivity index (χ1v) is 5.40. The molecule has 0 bridgehead atoms. The third-order valence-electron chi connectivity index (χ3n) is 2.46. The van der Waals surface area contributed by atoms with E-state index in [4.69, 9.17) is 0 Å². The molecule has 0 spiro atoms. The van der Waals surface area contributed by atoms with Crippen LogP contribution < -0.4 is 5.32 Å². The number of aromatic amines is 2. The highest BCUT2D eigenvalue weighted by Crippen LogP contribution is 1.99. The number of imidazole rings is 1. The summed E-state index contributed by atoms with van der Waals surface area (Å²) in [5.41, 5.74) is 2.21. The van der Waals surface area contributed by atoms with Crippen LogP contribution in [0.4, 0.5) is 0 Å². The molecule has 2 rings (SSSR count). The van der Waals surface area contributed by atoms with Gasteiger partial charge in [0.25, 0.3) is 0 Å². The van der Waals surface area contributed by atoms with E-state index in [1.807, 2.05) is 6.92 Å². The number of aromatic nitrogens is 5. The van der Waals surface area contributed by atoms with Crippen LogP contribution in [0.25, 0.3) is 0 Å². The molecule has 0 atom stereocenters. The fourth-order valence-corrected chi connectivity index (χ4v) is 1.50. The number of nitrogens with one attached hydrogen (secondary N) is 3. The molecule has 0 saturated heterocycles. The first kappa shape index (κ1) is 10.8. The molecular weight excluding hydrogens is 204 g/mol. The molecule has 0 aromatic carbocycles. The molecule has 0 unspecified atom stereocenters. The molecule has 0 aliphatic rings. The van der Waals surface area contributed by atoms with E-state index in [0.29, 0.717) is 0 Å². The van der Waals surface area contributed by atoms with E-state index < -0.39 is 0 Å². The van der Waals surface area contributed by atoms with Crippen molar-refractivity contribution in [1.29, 1.82) is 0 Å². The standard InChI is InChI=1S/C10H16N6/c1-8-9(13-6-12-8)5-11-4-2-3-10-14-7-15-16-10/h6-7,11H,2-5H2,1H3,(H,12,13)(H,14,15,16). The molecule has 3 N–H and O–H groups in total. The summed E-state index contributed by atoms with van der Waals surface area (Å²) in [5, 5.41) is 9.99. The lowest BCUT2D eigenvalue weighted by molar-refractivity contribution is 0.631. The normalized spacial score (nSPS) is 10.8. The minimum Gasteiger partial charge on any atom is -0.348 e. The zero-order chi connectivity index (χ0) is 11.2. The average Bonchev–Trinajstić information content (AvgIpc) is 2.90. The van der Waals surface area contributed by atoms with Gasteiger partial charge in [-0.15, -0.1) is 0 Å². The molecule has 86 valence electrons. The van der Waals surface area contributed by atoms with Crippen LogP contribution in [0.2, 0.25) is 0 Å². The van der Waals surface area contributed by atoms with Gasteiger partial charge in [0.2, 0.25) is 0 Å². The van der Waals surface area contributed by atoms with Crippen molar-refractivity contribution in [2.45, 2.75) is 26.3 Å². The monoisotopic (exact) mass is 220 g/mol. The van der Waals surface area contributed by atoms with Crippen molar-refractivity contribution in [2.75, 3.05) is 6.54 Å². The summed E-state index contributed by atoms with van der Waals surface area (Å²) >= 11 is 0. The predicted octanol–water partition coefficient (Wildman–Crippen LogP) is 0.559. The molecule has 2 heterocycles. The van der Waals surface area contributed by atoms with Crippen molar-refractivity contribution in [2.24, 2.45) is 0 Å². The topological polar surface area (TPSA) is 82.3 Å². The van der Waals surface area contributed by atoms with Crippen molar-refractivity contribution in [3.63, 3.8) is 0 Å². The number of H-pyrrole nitrogens is 2. The highest BCUT2D eigenvalue weighted by Gasteiger charge is 2.00. The van der Waals surface area contributed by atoms with Crippen LogP contribution in [-0.2, 0) is 13.0 Å². The van der Waals surface area contributed by atoms with Crippen molar-refractivity contribution in [3.8, 4) is 0 Å². The summed E-state index contributed by atoms with van der Waals surface area (Å²) in [6.07, 6.45) is 5.22. The second kappa shape index (κ2) is 5.41. The Balaban J connectivity index is 1.61. The van der Waals surface area contributed by atoms with Gasteiger partial charge in [-0.05, 0) is 19.9 Å². The van der Waals surface area contributed by atoms with Crippen molar-refractivity contribution >= 4 is 0 Å². The smallest absolute Gasteiger partial charge is 0.137 e. The van der Waals surface area contributed by atoms with E-state index in [-0.39, 0.29) is 0 Å². The Kier molecular flexibility index (Phi) is 3.66. The molecule has 0 radical (unpaired) electrons. The Bertz CT molecular complexity index is 405. The maximum atomic E-state index is 4.22. The van der Waals surface area contributed by atoms with Gasteiger partial charge in [-0.2, -0.15) is 5.10 Å². The Morgan fingerprint density at radius 3 is 3.00 bits per heavy atom. The van der Waals surface area contributed by atoms with Crippen LogP contribution in [0.1, 0.15) is 23.6 Å². The van der Waals surface area contributed by atoms with Crippen LogP contribution in [0, 0.1) is 6.92 Å². The van der Waals surface area contributed by atoms with Crippen LogP contribution in [-0.4, -0.2) is 31.7 Å². The van der Waals surface area contributed by atoms with Crippen LogP contribution in [0.15, 0.2) is 12.7 Å². The first-order chi connectivity index (χ1) is 7.86. The third kappa shape index (κ3) is 2.90. The molecule has 0 aliphatic heterocycles. The number of hydrogen-bond donors (Lipinski definition) is 3. The molecule has 0 aliphatic carbocycles. The van der Waals surface area contributed by atoms with E-state index in [1.165, 1.54) is 6.33 Å². The molecule has 6 heteroatoms. The summed E-state index contributed by atoms with van der Waals surface area (Å²) in [7, 11) is 0. The zero-order valence-corrected chi connectivity index (χ0v) is 9.32. The summed E-state index contributed by atoms with van der Waals surface area (Å²) in [4.78, 5) is 11.3. The average molecular weight is 220 g/mol.